The number of nitrogens with one attached hydrogen (secondary N) is 2. The number of urea groups is 1. The highest BCUT2D eigenvalue weighted by Gasteiger charge is 2.10. The third-order valence-electron chi connectivity index (χ3n) is 2.89. The van der Waals surface area contributed by atoms with E-state index in [0.29, 0.717) is 23.0 Å². The van der Waals surface area contributed by atoms with Crippen LogP contribution in [-0.4, -0.2) is 27.7 Å². The van der Waals surface area contributed by atoms with Crippen molar-refractivity contribution in [3.63, 3.8) is 0 Å². The Morgan fingerprint density at radius 2 is 1.90 bits per heavy atom. The van der Waals surface area contributed by atoms with Gasteiger partial charge >= 0.3 is 6.03 Å². The van der Waals surface area contributed by atoms with Crippen LogP contribution in [0.1, 0.15) is 0 Å². The second-order valence-electron chi connectivity index (χ2n) is 4.23. The van der Waals surface area contributed by atoms with E-state index < -0.39 is 6.03 Å². The van der Waals surface area contributed by atoms with Gasteiger partial charge in [-0.15, -0.1) is 10.2 Å². The molecule has 0 fully saturated rings. The summed E-state index contributed by atoms with van der Waals surface area (Å²) in [7, 11) is 1.55. The average Bonchev–Trinajstić information content (AvgIpc) is 2.91. The van der Waals surface area contributed by atoms with Crippen LogP contribution in [0.5, 0.6) is 5.75 Å². The molecule has 0 saturated carbocycles. The van der Waals surface area contributed by atoms with Gasteiger partial charge in [0.25, 0.3) is 0 Å². The van der Waals surface area contributed by atoms with Gasteiger partial charge in [0.15, 0.2) is 5.65 Å². The molecule has 3 aromatic rings. The summed E-state index contributed by atoms with van der Waals surface area (Å²) in [5.74, 6) is 0.928. The second kappa shape index (κ2) is 5.49. The minimum atomic E-state index is -0.419. The van der Waals surface area contributed by atoms with Gasteiger partial charge in [0.1, 0.15) is 5.75 Å². The topological polar surface area (TPSA) is 80.5 Å². The Kier molecular flexibility index (Phi) is 3.38. The summed E-state index contributed by atoms with van der Waals surface area (Å²) in [6.07, 6.45) is 1.77. The van der Waals surface area contributed by atoms with Gasteiger partial charge < -0.3 is 10.1 Å². The molecule has 2 aromatic heterocycles. The van der Waals surface area contributed by atoms with E-state index in [2.05, 4.69) is 20.8 Å². The summed E-state index contributed by atoms with van der Waals surface area (Å²) >= 11 is 0. The number of ether oxygens (including phenoxy) is 1. The van der Waals surface area contributed by atoms with Crippen molar-refractivity contribution in [1.29, 1.82) is 0 Å². The fourth-order valence-corrected chi connectivity index (χ4v) is 1.93. The number of carbonyl (C=O) groups is 1. The normalized spacial score (nSPS) is 10.3. The highest BCUT2D eigenvalue weighted by Crippen LogP contribution is 2.23. The van der Waals surface area contributed by atoms with Crippen molar-refractivity contribution in [2.75, 3.05) is 17.7 Å². The van der Waals surface area contributed by atoms with E-state index in [1.165, 1.54) is 0 Å². The lowest BCUT2D eigenvalue weighted by Crippen LogP contribution is -2.21. The van der Waals surface area contributed by atoms with Gasteiger partial charge in [0.05, 0.1) is 12.8 Å². The van der Waals surface area contributed by atoms with Crippen LogP contribution < -0.4 is 15.4 Å². The smallest absolute Gasteiger partial charge is 0.326 e. The van der Waals surface area contributed by atoms with E-state index in [-0.39, 0.29) is 0 Å². The Hall–Kier alpha value is -3.09. The standard InChI is InChI=1S/C14H13N5O2/c1-21-11-7-3-2-6-10(11)15-14(20)16-13-18-17-12-8-4-5-9-19(12)13/h2-9H,1H3,(H2,15,16,18,20). The number of benzene rings is 1. The quantitative estimate of drug-likeness (QED) is 0.773. The van der Waals surface area contributed by atoms with E-state index in [9.17, 15) is 4.79 Å². The predicted octanol–water partition coefficient (Wildman–Crippen LogP) is 2.38. The third kappa shape index (κ3) is 2.62. The van der Waals surface area contributed by atoms with Gasteiger partial charge in [-0.25, -0.2) is 4.79 Å². The number of anilines is 2. The fourth-order valence-electron chi connectivity index (χ4n) is 1.93. The highest BCUT2D eigenvalue weighted by molar-refractivity contribution is 5.99. The molecule has 7 heteroatoms. The number of methoxy groups -OCH3 is 1. The van der Waals surface area contributed by atoms with Gasteiger partial charge in [-0.05, 0) is 24.3 Å². The number of hydrogen-bond donors (Lipinski definition) is 2. The van der Waals surface area contributed by atoms with E-state index >= 15 is 0 Å². The molecule has 21 heavy (non-hydrogen) atoms. The van der Waals surface area contributed by atoms with Crippen LogP contribution in [0.4, 0.5) is 16.4 Å². The third-order valence-corrected chi connectivity index (χ3v) is 2.89. The molecule has 0 bridgehead atoms. The molecule has 1 aromatic carbocycles. The van der Waals surface area contributed by atoms with Crippen molar-refractivity contribution in [3.05, 3.63) is 48.7 Å². The van der Waals surface area contributed by atoms with Crippen LogP contribution in [0.2, 0.25) is 0 Å². The van der Waals surface area contributed by atoms with Crippen LogP contribution in [-0.2, 0) is 0 Å². The zero-order valence-electron chi connectivity index (χ0n) is 11.3. The number of hydrogen-bond acceptors (Lipinski definition) is 4. The number of amides is 2. The van der Waals surface area contributed by atoms with Crippen LogP contribution in [0.3, 0.4) is 0 Å². The molecule has 106 valence electrons. The van der Waals surface area contributed by atoms with Gasteiger partial charge in [0, 0.05) is 6.20 Å². The van der Waals surface area contributed by atoms with E-state index in [1.54, 1.807) is 35.9 Å². The van der Waals surface area contributed by atoms with Gasteiger partial charge in [0.2, 0.25) is 5.95 Å². The number of rotatable bonds is 3. The number of fused-ring (bicyclic) bond motifs is 1. The summed E-state index contributed by atoms with van der Waals surface area (Å²) in [6.45, 7) is 0. The van der Waals surface area contributed by atoms with Crippen molar-refractivity contribution in [3.8, 4) is 5.75 Å². The molecule has 0 unspecified atom stereocenters. The first-order valence-electron chi connectivity index (χ1n) is 6.29. The van der Waals surface area contributed by atoms with Crippen molar-refractivity contribution < 1.29 is 9.53 Å². The molecule has 7 nitrogen and oxygen atoms in total. The molecule has 0 saturated heterocycles. The summed E-state index contributed by atoms with van der Waals surface area (Å²) in [4.78, 5) is 12.0. The van der Waals surface area contributed by atoms with Crippen molar-refractivity contribution >= 4 is 23.3 Å². The van der Waals surface area contributed by atoms with Gasteiger partial charge in [-0.2, -0.15) is 0 Å². The molecular formula is C14H13N5O2. The van der Waals surface area contributed by atoms with E-state index in [1.807, 2.05) is 24.3 Å². The number of aromatic nitrogens is 3. The SMILES string of the molecule is COc1ccccc1NC(=O)Nc1nnc2ccccn12. The summed E-state index contributed by atoms with van der Waals surface area (Å²) in [5, 5.41) is 13.2. The number of para-hydroxylation sites is 2. The maximum atomic E-state index is 12.0. The molecule has 0 atom stereocenters. The first-order chi connectivity index (χ1) is 10.3. The minimum absolute atomic E-state index is 0.345. The number of nitrogens with zero attached hydrogens (tertiary/aromatic N) is 3. The van der Waals surface area contributed by atoms with E-state index in [4.69, 9.17) is 4.74 Å². The van der Waals surface area contributed by atoms with Gasteiger partial charge in [-0.1, -0.05) is 18.2 Å². The summed E-state index contributed by atoms with van der Waals surface area (Å²) in [5.41, 5.74) is 1.23. The molecule has 0 aliphatic rings. The monoisotopic (exact) mass is 283 g/mol. The maximum Gasteiger partial charge on any atom is 0.326 e. The Morgan fingerprint density at radius 1 is 1.10 bits per heavy atom. The van der Waals surface area contributed by atoms with Crippen molar-refractivity contribution in [1.82, 2.24) is 14.6 Å². The van der Waals surface area contributed by atoms with Crippen LogP contribution in [0.25, 0.3) is 5.65 Å². The second-order valence-corrected chi connectivity index (χ2v) is 4.23. The fraction of sp³-hybridized carbons (Fsp3) is 0.0714. The molecule has 0 aliphatic heterocycles. The maximum absolute atomic E-state index is 12.0. The van der Waals surface area contributed by atoms with Crippen molar-refractivity contribution in [2.45, 2.75) is 0 Å². The molecule has 2 heterocycles. The molecule has 0 radical (unpaired) electrons. The number of carbonyl (C=O) groups excluding carboxylic acids is 1. The highest BCUT2D eigenvalue weighted by atomic mass is 16.5. The lowest BCUT2D eigenvalue weighted by molar-refractivity contribution is 0.262. The van der Waals surface area contributed by atoms with Crippen LogP contribution >= 0.6 is 0 Å². The predicted molar refractivity (Wildman–Crippen MR) is 78.6 cm³/mol. The molecule has 0 spiro atoms. The Morgan fingerprint density at radius 3 is 2.76 bits per heavy atom. The summed E-state index contributed by atoms with van der Waals surface area (Å²) in [6, 6.07) is 12.2. The van der Waals surface area contributed by atoms with Gasteiger partial charge in [-0.3, -0.25) is 9.72 Å². The lowest BCUT2D eigenvalue weighted by Gasteiger charge is -2.09. The molecule has 2 N–H and O–H groups in total. The largest absolute Gasteiger partial charge is 0.495 e. The Labute approximate surface area is 120 Å². The average molecular weight is 283 g/mol. The minimum Gasteiger partial charge on any atom is -0.495 e. The zero-order valence-corrected chi connectivity index (χ0v) is 11.3. The Bertz CT molecular complexity index is 784. The first kappa shape index (κ1) is 12.9. The molecular weight excluding hydrogens is 270 g/mol. The molecule has 2 amide bonds. The number of pyridine rings is 1. The van der Waals surface area contributed by atoms with Crippen LogP contribution in [0.15, 0.2) is 48.7 Å². The molecule has 3 rings (SSSR count). The Balaban J connectivity index is 1.77. The van der Waals surface area contributed by atoms with E-state index in [0.717, 1.165) is 0 Å². The lowest BCUT2D eigenvalue weighted by atomic mass is 10.3. The zero-order chi connectivity index (χ0) is 14.7. The van der Waals surface area contributed by atoms with Crippen LogP contribution in [0, 0.1) is 0 Å². The first-order valence-corrected chi connectivity index (χ1v) is 6.29. The summed E-state index contributed by atoms with van der Waals surface area (Å²) < 4.78 is 6.86. The molecule has 0 aliphatic carbocycles. The van der Waals surface area contributed by atoms with Crippen molar-refractivity contribution in [2.24, 2.45) is 0 Å².